The second kappa shape index (κ2) is 6.18. The van der Waals surface area contributed by atoms with Gasteiger partial charge >= 0.3 is 0 Å². The first-order valence-corrected chi connectivity index (χ1v) is 6.99. The van der Waals surface area contributed by atoms with Crippen LogP contribution in [0.15, 0.2) is 42.5 Å². The van der Waals surface area contributed by atoms with Crippen molar-refractivity contribution in [3.05, 3.63) is 48.0 Å². The van der Waals surface area contributed by atoms with E-state index in [4.69, 9.17) is 0 Å². The Kier molecular flexibility index (Phi) is 4.56. The van der Waals surface area contributed by atoms with E-state index >= 15 is 0 Å². The largest absolute Gasteiger partial charge is 0.318 e. The molecule has 0 unspecified atom stereocenters. The number of nitrogens with one attached hydrogen (secondary N) is 2. The van der Waals surface area contributed by atoms with Gasteiger partial charge in [0.05, 0.1) is 0 Å². The number of benzene rings is 2. The van der Waals surface area contributed by atoms with E-state index < -0.39 is 0 Å². The first kappa shape index (κ1) is 14.0. The van der Waals surface area contributed by atoms with E-state index in [2.05, 4.69) is 66.9 Å². The number of likely N-dealkylation sites (N-methyl/N-ethyl adjacent to an activating group) is 1. The molecule has 2 aromatic rings. The first-order chi connectivity index (χ1) is 9.15. The Morgan fingerprint density at radius 1 is 0.947 bits per heavy atom. The molecule has 0 fully saturated rings. The summed E-state index contributed by atoms with van der Waals surface area (Å²) in [6.45, 7) is 7.61. The summed E-state index contributed by atoms with van der Waals surface area (Å²) in [5, 5.41) is 9.38. The van der Waals surface area contributed by atoms with Gasteiger partial charge in [-0.15, -0.1) is 0 Å². The van der Waals surface area contributed by atoms with Crippen molar-refractivity contribution < 1.29 is 0 Å². The monoisotopic (exact) mass is 256 g/mol. The molecule has 102 valence electrons. The lowest BCUT2D eigenvalue weighted by Crippen LogP contribution is -2.36. The smallest absolute Gasteiger partial charge is 0.00769 e. The van der Waals surface area contributed by atoms with Crippen molar-refractivity contribution in [1.29, 1.82) is 0 Å². The third kappa shape index (κ3) is 3.34. The summed E-state index contributed by atoms with van der Waals surface area (Å²) >= 11 is 0. The molecule has 2 rings (SSSR count). The van der Waals surface area contributed by atoms with Crippen LogP contribution in [-0.2, 0) is 5.41 Å². The van der Waals surface area contributed by atoms with Crippen molar-refractivity contribution in [3.63, 3.8) is 0 Å². The van der Waals surface area contributed by atoms with Crippen molar-refractivity contribution >= 4 is 10.8 Å². The number of fused-ring (bicyclic) bond motifs is 1. The van der Waals surface area contributed by atoms with Gasteiger partial charge in [0.1, 0.15) is 0 Å². The first-order valence-electron chi connectivity index (χ1n) is 6.99. The highest BCUT2D eigenvalue weighted by atomic mass is 14.9. The maximum absolute atomic E-state index is 3.53. The Morgan fingerprint density at radius 2 is 1.68 bits per heavy atom. The standard InChI is InChI=1S/C17H24N2/c1-17(2,13-19-12-11-18-3)16-10-6-8-14-7-4-5-9-15(14)16/h4-10,18-19H,11-13H2,1-3H3. The maximum atomic E-state index is 3.53. The van der Waals surface area contributed by atoms with Gasteiger partial charge < -0.3 is 10.6 Å². The van der Waals surface area contributed by atoms with Crippen LogP contribution in [-0.4, -0.2) is 26.7 Å². The Morgan fingerprint density at radius 3 is 2.47 bits per heavy atom. The van der Waals surface area contributed by atoms with E-state index in [-0.39, 0.29) is 5.41 Å². The Balaban J connectivity index is 2.22. The van der Waals surface area contributed by atoms with E-state index in [1.165, 1.54) is 16.3 Å². The van der Waals surface area contributed by atoms with Gasteiger partial charge in [-0.05, 0) is 23.4 Å². The van der Waals surface area contributed by atoms with Crippen molar-refractivity contribution in [1.82, 2.24) is 10.6 Å². The van der Waals surface area contributed by atoms with Crippen molar-refractivity contribution in [2.24, 2.45) is 0 Å². The molecule has 2 heteroatoms. The summed E-state index contributed by atoms with van der Waals surface area (Å²) in [6.07, 6.45) is 0. The van der Waals surface area contributed by atoms with E-state index in [0.717, 1.165) is 19.6 Å². The predicted molar refractivity (Wildman–Crippen MR) is 83.8 cm³/mol. The molecule has 0 amide bonds. The summed E-state index contributed by atoms with van der Waals surface area (Å²) in [6, 6.07) is 15.2. The zero-order chi connectivity index (χ0) is 13.7. The van der Waals surface area contributed by atoms with Crippen LogP contribution in [0, 0.1) is 0 Å². The van der Waals surface area contributed by atoms with Crippen LogP contribution in [0.3, 0.4) is 0 Å². The number of hydrogen-bond acceptors (Lipinski definition) is 2. The zero-order valence-corrected chi connectivity index (χ0v) is 12.2. The lowest BCUT2D eigenvalue weighted by atomic mass is 9.81. The van der Waals surface area contributed by atoms with Crippen molar-refractivity contribution in [2.45, 2.75) is 19.3 Å². The molecule has 19 heavy (non-hydrogen) atoms. The molecule has 0 saturated heterocycles. The van der Waals surface area contributed by atoms with E-state index in [1.54, 1.807) is 0 Å². The van der Waals surface area contributed by atoms with Crippen molar-refractivity contribution in [2.75, 3.05) is 26.7 Å². The molecule has 0 aromatic heterocycles. The third-order valence-electron chi connectivity index (χ3n) is 3.64. The van der Waals surface area contributed by atoms with Gasteiger partial charge in [-0.25, -0.2) is 0 Å². The zero-order valence-electron chi connectivity index (χ0n) is 12.2. The summed E-state index contributed by atoms with van der Waals surface area (Å²) in [4.78, 5) is 0. The molecule has 2 aromatic carbocycles. The van der Waals surface area contributed by atoms with Gasteiger partial charge in [0.25, 0.3) is 0 Å². The fraction of sp³-hybridized carbons (Fsp3) is 0.412. The van der Waals surface area contributed by atoms with Gasteiger partial charge in [0, 0.05) is 25.0 Å². The predicted octanol–water partition coefficient (Wildman–Crippen LogP) is 2.93. The minimum atomic E-state index is 0.134. The molecule has 2 nitrogen and oxygen atoms in total. The second-order valence-electron chi connectivity index (χ2n) is 5.69. The highest BCUT2D eigenvalue weighted by Crippen LogP contribution is 2.29. The molecular formula is C17H24N2. The molecule has 0 atom stereocenters. The molecular weight excluding hydrogens is 232 g/mol. The molecule has 0 aliphatic heterocycles. The molecule has 2 N–H and O–H groups in total. The average Bonchev–Trinajstić information content (AvgIpc) is 2.43. The second-order valence-corrected chi connectivity index (χ2v) is 5.69. The lowest BCUT2D eigenvalue weighted by molar-refractivity contribution is 0.471. The highest BCUT2D eigenvalue weighted by molar-refractivity contribution is 5.86. The average molecular weight is 256 g/mol. The molecule has 0 heterocycles. The van der Waals surface area contributed by atoms with Crippen LogP contribution in [0.4, 0.5) is 0 Å². The van der Waals surface area contributed by atoms with Gasteiger partial charge in [-0.1, -0.05) is 56.3 Å². The van der Waals surface area contributed by atoms with Crippen LogP contribution in [0.25, 0.3) is 10.8 Å². The van der Waals surface area contributed by atoms with Crippen molar-refractivity contribution in [3.8, 4) is 0 Å². The third-order valence-corrected chi connectivity index (χ3v) is 3.64. The minimum Gasteiger partial charge on any atom is -0.318 e. The molecule has 0 radical (unpaired) electrons. The topological polar surface area (TPSA) is 24.1 Å². The molecule has 0 aliphatic rings. The molecule has 0 aliphatic carbocycles. The van der Waals surface area contributed by atoms with Gasteiger partial charge in [-0.3, -0.25) is 0 Å². The minimum absolute atomic E-state index is 0.134. The summed E-state index contributed by atoms with van der Waals surface area (Å²) in [5.41, 5.74) is 1.55. The van der Waals surface area contributed by atoms with E-state index in [9.17, 15) is 0 Å². The van der Waals surface area contributed by atoms with Gasteiger partial charge in [-0.2, -0.15) is 0 Å². The van der Waals surface area contributed by atoms with Crippen LogP contribution in [0.1, 0.15) is 19.4 Å². The summed E-state index contributed by atoms with van der Waals surface area (Å²) in [7, 11) is 1.98. The number of rotatable bonds is 6. The Labute approximate surface area is 116 Å². The highest BCUT2D eigenvalue weighted by Gasteiger charge is 2.21. The van der Waals surface area contributed by atoms with E-state index in [0.29, 0.717) is 0 Å². The van der Waals surface area contributed by atoms with Crippen LogP contribution in [0.2, 0.25) is 0 Å². The molecule has 0 saturated carbocycles. The quantitative estimate of drug-likeness (QED) is 0.777. The maximum Gasteiger partial charge on any atom is 0.00769 e. The van der Waals surface area contributed by atoms with Crippen LogP contribution in [0.5, 0.6) is 0 Å². The van der Waals surface area contributed by atoms with Crippen LogP contribution < -0.4 is 10.6 Å². The van der Waals surface area contributed by atoms with Crippen LogP contribution >= 0.6 is 0 Å². The fourth-order valence-corrected chi connectivity index (χ4v) is 2.53. The molecule has 0 spiro atoms. The Bertz CT molecular complexity index is 526. The SMILES string of the molecule is CNCCNCC(C)(C)c1cccc2ccccc12. The lowest BCUT2D eigenvalue weighted by Gasteiger charge is -2.27. The fourth-order valence-electron chi connectivity index (χ4n) is 2.53. The summed E-state index contributed by atoms with van der Waals surface area (Å²) < 4.78 is 0. The number of hydrogen-bond donors (Lipinski definition) is 2. The molecule has 0 bridgehead atoms. The van der Waals surface area contributed by atoms with Gasteiger partial charge in [0.2, 0.25) is 0 Å². The normalized spacial score (nSPS) is 11.9. The van der Waals surface area contributed by atoms with E-state index in [1.807, 2.05) is 7.05 Å². The Hall–Kier alpha value is -1.38. The summed E-state index contributed by atoms with van der Waals surface area (Å²) in [5.74, 6) is 0. The van der Waals surface area contributed by atoms with Gasteiger partial charge in [0.15, 0.2) is 0 Å².